The van der Waals surface area contributed by atoms with E-state index in [9.17, 15) is 13.6 Å². The number of Topliss-reactive ketones (excluding diaryl/α,β-unsaturated/α-hetero) is 1. The average molecular weight is 305 g/mol. The summed E-state index contributed by atoms with van der Waals surface area (Å²) in [7, 11) is 0. The van der Waals surface area contributed by atoms with Crippen LogP contribution in [-0.2, 0) is 0 Å². The normalized spacial score (nSPS) is 11.6. The Balaban J connectivity index is 2.87. The minimum Gasteiger partial charge on any atom is -0.294 e. The molecule has 0 unspecified atom stereocenters. The number of hydrogen-bond donors (Lipinski definition) is 0. The standard InChI is InChI=1S/C13H15BrF2O/c1-13(2,3)7-6-10(17)8-4-5-9(15)12(16)11(8)14/h4-5H,6-7H2,1-3H3. The van der Waals surface area contributed by atoms with E-state index in [0.29, 0.717) is 12.8 Å². The molecule has 0 aliphatic carbocycles. The molecule has 1 nitrogen and oxygen atoms in total. The molecule has 0 amide bonds. The largest absolute Gasteiger partial charge is 0.294 e. The van der Waals surface area contributed by atoms with E-state index in [1.807, 2.05) is 20.8 Å². The maximum Gasteiger partial charge on any atom is 0.173 e. The number of hydrogen-bond acceptors (Lipinski definition) is 1. The van der Waals surface area contributed by atoms with Crippen molar-refractivity contribution >= 4 is 21.7 Å². The van der Waals surface area contributed by atoms with Gasteiger partial charge in [0.2, 0.25) is 0 Å². The fourth-order valence-corrected chi connectivity index (χ4v) is 1.91. The van der Waals surface area contributed by atoms with Crippen LogP contribution in [0.15, 0.2) is 16.6 Å². The number of rotatable bonds is 3. The Morgan fingerprint density at radius 3 is 2.41 bits per heavy atom. The summed E-state index contributed by atoms with van der Waals surface area (Å²) in [5.74, 6) is -2.14. The molecule has 0 spiro atoms. The highest BCUT2D eigenvalue weighted by atomic mass is 79.9. The summed E-state index contributed by atoms with van der Waals surface area (Å²) in [5.41, 5.74) is 0.244. The van der Waals surface area contributed by atoms with Crippen LogP contribution in [0.5, 0.6) is 0 Å². The maximum atomic E-state index is 13.3. The zero-order chi connectivity index (χ0) is 13.2. The van der Waals surface area contributed by atoms with Crippen LogP contribution in [0.25, 0.3) is 0 Å². The first-order valence-corrected chi connectivity index (χ1v) is 6.18. The van der Waals surface area contributed by atoms with Crippen molar-refractivity contribution in [3.63, 3.8) is 0 Å². The summed E-state index contributed by atoms with van der Waals surface area (Å²) in [5, 5.41) is 0. The molecular weight excluding hydrogens is 290 g/mol. The third-order valence-corrected chi connectivity index (χ3v) is 3.21. The first kappa shape index (κ1) is 14.3. The smallest absolute Gasteiger partial charge is 0.173 e. The minimum atomic E-state index is -1.01. The Kier molecular flexibility index (Phi) is 4.42. The van der Waals surface area contributed by atoms with Gasteiger partial charge in [0, 0.05) is 12.0 Å². The van der Waals surface area contributed by atoms with E-state index < -0.39 is 11.6 Å². The number of halogens is 3. The molecule has 0 atom stereocenters. The summed E-state index contributed by atoms with van der Waals surface area (Å²) >= 11 is 2.92. The van der Waals surface area contributed by atoms with Crippen LogP contribution in [0, 0.1) is 17.0 Å². The lowest BCUT2D eigenvalue weighted by Gasteiger charge is -2.17. The monoisotopic (exact) mass is 304 g/mol. The summed E-state index contributed by atoms with van der Waals surface area (Å²) in [4.78, 5) is 11.9. The van der Waals surface area contributed by atoms with Crippen molar-refractivity contribution in [2.45, 2.75) is 33.6 Å². The van der Waals surface area contributed by atoms with E-state index in [4.69, 9.17) is 0 Å². The van der Waals surface area contributed by atoms with Gasteiger partial charge in [-0.05, 0) is 39.9 Å². The Bertz CT molecular complexity index is 436. The van der Waals surface area contributed by atoms with Gasteiger partial charge in [-0.25, -0.2) is 8.78 Å². The van der Waals surface area contributed by atoms with Gasteiger partial charge in [-0.15, -0.1) is 0 Å². The second-order valence-electron chi connectivity index (χ2n) is 5.21. The molecule has 0 heterocycles. The van der Waals surface area contributed by atoms with Crippen LogP contribution in [0.4, 0.5) is 8.78 Å². The van der Waals surface area contributed by atoms with Crippen molar-refractivity contribution in [2.24, 2.45) is 5.41 Å². The van der Waals surface area contributed by atoms with Gasteiger partial charge in [0.1, 0.15) is 0 Å². The van der Waals surface area contributed by atoms with Crippen LogP contribution in [0.2, 0.25) is 0 Å². The predicted molar refractivity (Wildman–Crippen MR) is 67.1 cm³/mol. The zero-order valence-corrected chi connectivity index (χ0v) is 11.7. The van der Waals surface area contributed by atoms with Crippen molar-refractivity contribution in [2.75, 3.05) is 0 Å². The topological polar surface area (TPSA) is 17.1 Å². The SMILES string of the molecule is CC(C)(C)CCC(=O)c1ccc(F)c(F)c1Br. The van der Waals surface area contributed by atoms with E-state index in [0.717, 1.165) is 6.07 Å². The molecule has 0 aliphatic heterocycles. The highest BCUT2D eigenvalue weighted by Crippen LogP contribution is 2.27. The van der Waals surface area contributed by atoms with E-state index in [-0.39, 0.29) is 21.2 Å². The van der Waals surface area contributed by atoms with E-state index in [2.05, 4.69) is 15.9 Å². The zero-order valence-electron chi connectivity index (χ0n) is 10.1. The molecular formula is C13H15BrF2O. The van der Waals surface area contributed by atoms with Gasteiger partial charge >= 0.3 is 0 Å². The Labute approximate surface area is 108 Å². The number of carbonyl (C=O) groups is 1. The van der Waals surface area contributed by atoms with Crippen LogP contribution in [0.3, 0.4) is 0 Å². The van der Waals surface area contributed by atoms with Crippen molar-refractivity contribution in [3.05, 3.63) is 33.8 Å². The van der Waals surface area contributed by atoms with Gasteiger partial charge in [-0.3, -0.25) is 4.79 Å². The molecule has 0 N–H and O–H groups in total. The lowest BCUT2D eigenvalue weighted by molar-refractivity contribution is 0.0964. The van der Waals surface area contributed by atoms with Gasteiger partial charge in [0.05, 0.1) is 4.47 Å². The highest BCUT2D eigenvalue weighted by Gasteiger charge is 2.19. The molecule has 17 heavy (non-hydrogen) atoms. The Morgan fingerprint density at radius 1 is 1.29 bits per heavy atom. The summed E-state index contributed by atoms with van der Waals surface area (Å²) in [6.07, 6.45) is 1.03. The van der Waals surface area contributed by atoms with E-state index in [1.165, 1.54) is 6.07 Å². The second kappa shape index (κ2) is 5.25. The lowest BCUT2D eigenvalue weighted by atomic mass is 9.88. The molecule has 0 fully saturated rings. The number of carbonyl (C=O) groups excluding carboxylic acids is 1. The molecule has 0 saturated heterocycles. The summed E-state index contributed by atoms with van der Waals surface area (Å²) < 4.78 is 26.0. The lowest BCUT2D eigenvalue weighted by Crippen LogP contribution is -2.10. The molecule has 4 heteroatoms. The van der Waals surface area contributed by atoms with Gasteiger partial charge < -0.3 is 0 Å². The van der Waals surface area contributed by atoms with Crippen molar-refractivity contribution in [1.82, 2.24) is 0 Å². The molecule has 0 aromatic heterocycles. The predicted octanol–water partition coefficient (Wildman–Crippen LogP) is 4.74. The van der Waals surface area contributed by atoms with Crippen LogP contribution in [-0.4, -0.2) is 5.78 Å². The van der Waals surface area contributed by atoms with E-state index >= 15 is 0 Å². The third-order valence-electron chi connectivity index (χ3n) is 2.44. The van der Waals surface area contributed by atoms with Crippen LogP contribution in [0.1, 0.15) is 44.0 Å². The molecule has 0 saturated carbocycles. The van der Waals surface area contributed by atoms with Crippen LogP contribution < -0.4 is 0 Å². The van der Waals surface area contributed by atoms with Gasteiger partial charge in [-0.2, -0.15) is 0 Å². The first-order valence-electron chi connectivity index (χ1n) is 5.39. The molecule has 0 bridgehead atoms. The molecule has 1 aromatic rings. The number of ketones is 1. The van der Waals surface area contributed by atoms with Crippen LogP contribution >= 0.6 is 15.9 Å². The summed E-state index contributed by atoms with van der Waals surface area (Å²) in [6, 6.07) is 2.29. The van der Waals surface area contributed by atoms with Gasteiger partial charge in [0.15, 0.2) is 17.4 Å². The Morgan fingerprint density at radius 2 is 1.88 bits per heavy atom. The summed E-state index contributed by atoms with van der Waals surface area (Å²) in [6.45, 7) is 6.09. The van der Waals surface area contributed by atoms with E-state index in [1.54, 1.807) is 0 Å². The molecule has 1 rings (SSSR count). The van der Waals surface area contributed by atoms with Gasteiger partial charge in [-0.1, -0.05) is 20.8 Å². The third kappa shape index (κ3) is 3.87. The maximum absolute atomic E-state index is 13.3. The van der Waals surface area contributed by atoms with Crippen molar-refractivity contribution in [1.29, 1.82) is 0 Å². The van der Waals surface area contributed by atoms with Gasteiger partial charge in [0.25, 0.3) is 0 Å². The molecule has 94 valence electrons. The number of benzene rings is 1. The average Bonchev–Trinajstić information content (AvgIpc) is 2.22. The first-order chi connectivity index (χ1) is 7.72. The fraction of sp³-hybridized carbons (Fsp3) is 0.462. The fourth-order valence-electron chi connectivity index (χ4n) is 1.36. The quantitative estimate of drug-likeness (QED) is 0.582. The molecule has 0 aliphatic rings. The minimum absolute atomic E-state index is 0.0424. The molecule has 1 aromatic carbocycles. The molecule has 0 radical (unpaired) electrons. The Hall–Kier alpha value is -0.770. The van der Waals surface area contributed by atoms with Crippen molar-refractivity contribution in [3.8, 4) is 0 Å². The van der Waals surface area contributed by atoms with Crippen molar-refractivity contribution < 1.29 is 13.6 Å². The highest BCUT2D eigenvalue weighted by molar-refractivity contribution is 9.10. The second-order valence-corrected chi connectivity index (χ2v) is 6.00.